The fourth-order valence-corrected chi connectivity index (χ4v) is 6.24. The van der Waals surface area contributed by atoms with Gasteiger partial charge in [0.1, 0.15) is 0 Å². The molecule has 7 rings (SSSR count). The van der Waals surface area contributed by atoms with Crippen molar-refractivity contribution < 1.29 is 0 Å². The van der Waals surface area contributed by atoms with Crippen LogP contribution in [0, 0.1) is 0 Å². The molecule has 5 aromatic rings. The van der Waals surface area contributed by atoms with Crippen LogP contribution in [-0.4, -0.2) is 10.6 Å². The molecule has 0 saturated carbocycles. The molecule has 2 atom stereocenters. The number of hydrogen-bond acceptors (Lipinski definition) is 1. The van der Waals surface area contributed by atoms with E-state index in [0.717, 1.165) is 4.47 Å². The van der Waals surface area contributed by atoms with Gasteiger partial charge in [0.2, 0.25) is 0 Å². The van der Waals surface area contributed by atoms with Gasteiger partial charge in [0.05, 0.1) is 17.1 Å². The normalized spacial score (nSPS) is 17.9. The van der Waals surface area contributed by atoms with Gasteiger partial charge in [-0.3, -0.25) is 0 Å². The lowest BCUT2D eigenvalue weighted by atomic mass is 9.91. The minimum atomic E-state index is 0.407. The lowest BCUT2D eigenvalue weighted by Gasteiger charge is -2.29. The van der Waals surface area contributed by atoms with Crippen molar-refractivity contribution in [1.29, 1.82) is 0 Å². The lowest BCUT2D eigenvalue weighted by molar-refractivity contribution is 0.729. The number of anilines is 1. The molecule has 2 nitrogen and oxygen atoms in total. The Kier molecular flexibility index (Phi) is 7.08. The molecule has 0 fully saturated rings. The van der Waals surface area contributed by atoms with Gasteiger partial charge >= 0.3 is 0 Å². The highest BCUT2D eigenvalue weighted by atomic mass is 79.9. The number of aromatic nitrogens is 1. The van der Waals surface area contributed by atoms with Gasteiger partial charge in [-0.05, 0) is 68.0 Å². The fraction of sp³-hybridized carbons (Fsp3) is 0.111. The maximum atomic E-state index is 3.57. The van der Waals surface area contributed by atoms with Crippen LogP contribution in [0.1, 0.15) is 25.3 Å². The zero-order valence-electron chi connectivity index (χ0n) is 22.2. The Morgan fingerprint density at radius 3 is 2.28 bits per heavy atom. The first kappa shape index (κ1) is 25.2. The molecule has 0 bridgehead atoms. The molecule has 1 aliphatic carbocycles. The van der Waals surface area contributed by atoms with E-state index in [1.54, 1.807) is 0 Å². The molecule has 0 N–H and O–H groups in total. The third-order valence-corrected chi connectivity index (χ3v) is 8.01. The molecule has 3 heteroatoms. The molecule has 0 amide bonds. The van der Waals surface area contributed by atoms with Crippen molar-refractivity contribution in [3.63, 3.8) is 0 Å². The van der Waals surface area contributed by atoms with E-state index in [1.165, 1.54) is 44.4 Å². The molecule has 39 heavy (non-hydrogen) atoms. The molecule has 4 aromatic carbocycles. The minimum Gasteiger partial charge on any atom is -0.334 e. The van der Waals surface area contributed by atoms with E-state index in [1.807, 2.05) is 6.07 Å². The van der Waals surface area contributed by atoms with E-state index in [0.29, 0.717) is 12.0 Å². The first-order chi connectivity index (χ1) is 19.2. The predicted octanol–water partition coefficient (Wildman–Crippen LogP) is 10.1. The van der Waals surface area contributed by atoms with Crippen molar-refractivity contribution in [3.05, 3.63) is 155 Å². The summed E-state index contributed by atoms with van der Waals surface area (Å²) in [6.45, 7) is 4.17. The smallest absolute Gasteiger partial charge is 0.0629 e. The highest BCUT2D eigenvalue weighted by molar-refractivity contribution is 9.10. The summed E-state index contributed by atoms with van der Waals surface area (Å²) in [7, 11) is 0. The maximum absolute atomic E-state index is 3.57. The van der Waals surface area contributed by atoms with Gasteiger partial charge in [-0.25, -0.2) is 0 Å². The summed E-state index contributed by atoms with van der Waals surface area (Å²) >= 11 is 3.57. The fourth-order valence-electron chi connectivity index (χ4n) is 5.88. The second kappa shape index (κ2) is 11.0. The Hall–Kier alpha value is -4.08. The summed E-state index contributed by atoms with van der Waals surface area (Å²) in [6, 6.07) is 34.7. The third kappa shape index (κ3) is 4.57. The van der Waals surface area contributed by atoms with Gasteiger partial charge in [-0.15, -0.1) is 0 Å². The highest BCUT2D eigenvalue weighted by Crippen LogP contribution is 2.45. The molecule has 2 aliphatic rings. The summed E-state index contributed by atoms with van der Waals surface area (Å²) in [5, 5.41) is 2.56. The van der Waals surface area contributed by atoms with E-state index in [4.69, 9.17) is 0 Å². The van der Waals surface area contributed by atoms with Crippen LogP contribution in [0.15, 0.2) is 150 Å². The molecular formula is C36H31BrN2. The van der Waals surface area contributed by atoms with Crippen LogP contribution < -0.4 is 4.90 Å². The average Bonchev–Trinajstić information content (AvgIpc) is 3.49. The molecule has 2 heterocycles. The van der Waals surface area contributed by atoms with Crippen molar-refractivity contribution >= 4 is 43.4 Å². The SMILES string of the molecule is Brc1ccc2c(c1)c1ccccc1n2-c1ccccc1.C/C=C\C(=C/C)N1c2ccccc2C2C=CC=CC21. The monoisotopic (exact) mass is 570 g/mol. The average molecular weight is 572 g/mol. The largest absolute Gasteiger partial charge is 0.334 e. The van der Waals surface area contributed by atoms with E-state index in [-0.39, 0.29) is 0 Å². The van der Waals surface area contributed by atoms with Crippen LogP contribution in [0.5, 0.6) is 0 Å². The van der Waals surface area contributed by atoms with E-state index in [9.17, 15) is 0 Å². The van der Waals surface area contributed by atoms with Crippen LogP contribution in [-0.2, 0) is 0 Å². The van der Waals surface area contributed by atoms with Crippen LogP contribution in [0.2, 0.25) is 0 Å². The molecule has 1 aliphatic heterocycles. The topological polar surface area (TPSA) is 8.17 Å². The Morgan fingerprint density at radius 1 is 0.744 bits per heavy atom. The Balaban J connectivity index is 0.000000142. The Labute approximate surface area is 239 Å². The number of hydrogen-bond donors (Lipinski definition) is 0. The van der Waals surface area contributed by atoms with Crippen molar-refractivity contribution in [2.24, 2.45) is 0 Å². The number of allylic oxidation sites excluding steroid dienone is 5. The summed E-state index contributed by atoms with van der Waals surface area (Å²) in [5.74, 6) is 0.474. The maximum Gasteiger partial charge on any atom is 0.0629 e. The number of nitrogens with zero attached hydrogens (tertiary/aromatic N) is 2. The summed E-state index contributed by atoms with van der Waals surface area (Å²) < 4.78 is 3.43. The number of fused-ring (bicyclic) bond motifs is 6. The summed E-state index contributed by atoms with van der Waals surface area (Å²) in [6.07, 6.45) is 15.4. The van der Waals surface area contributed by atoms with Gasteiger partial charge in [-0.2, -0.15) is 0 Å². The van der Waals surface area contributed by atoms with E-state index < -0.39 is 0 Å². The Bertz CT molecular complexity index is 1750. The van der Waals surface area contributed by atoms with Crippen LogP contribution in [0.25, 0.3) is 27.5 Å². The first-order valence-electron chi connectivity index (χ1n) is 13.5. The van der Waals surface area contributed by atoms with Crippen molar-refractivity contribution in [2.45, 2.75) is 25.8 Å². The van der Waals surface area contributed by atoms with Crippen molar-refractivity contribution in [1.82, 2.24) is 4.57 Å². The minimum absolute atomic E-state index is 0.407. The first-order valence-corrected chi connectivity index (χ1v) is 14.3. The molecular weight excluding hydrogens is 540 g/mol. The standard InChI is InChI=1S/C18H12BrN.C18H19N/c19-13-10-11-18-16(12-13)15-8-4-5-9-17(15)20(18)14-6-2-1-3-7-14;1-3-9-14(4-2)19-17-12-7-5-10-15(17)16-11-6-8-13-18(16)19/h1-12H;3-13,15,17H,1-2H3/b;9-3-,14-4+. The molecule has 0 spiro atoms. The third-order valence-electron chi connectivity index (χ3n) is 7.52. The number of benzene rings is 4. The van der Waals surface area contributed by atoms with Gasteiger partial charge < -0.3 is 9.47 Å². The Morgan fingerprint density at radius 2 is 1.46 bits per heavy atom. The van der Waals surface area contributed by atoms with Gasteiger partial charge in [0, 0.05) is 38.2 Å². The second-order valence-corrected chi connectivity index (χ2v) is 10.7. The number of para-hydroxylation sites is 3. The van der Waals surface area contributed by atoms with Crippen molar-refractivity contribution in [3.8, 4) is 5.69 Å². The number of rotatable bonds is 3. The zero-order chi connectivity index (χ0) is 26.8. The summed E-state index contributed by atoms with van der Waals surface area (Å²) in [4.78, 5) is 2.44. The van der Waals surface area contributed by atoms with E-state index in [2.05, 4.69) is 173 Å². The molecule has 2 unspecified atom stereocenters. The number of halogens is 1. The van der Waals surface area contributed by atoms with E-state index >= 15 is 0 Å². The van der Waals surface area contributed by atoms with Gasteiger partial charge in [-0.1, -0.05) is 107 Å². The molecule has 192 valence electrons. The summed E-state index contributed by atoms with van der Waals surface area (Å²) in [5.41, 5.74) is 7.70. The predicted molar refractivity (Wildman–Crippen MR) is 171 cm³/mol. The lowest BCUT2D eigenvalue weighted by Crippen LogP contribution is -2.31. The van der Waals surface area contributed by atoms with Crippen LogP contribution >= 0.6 is 15.9 Å². The zero-order valence-corrected chi connectivity index (χ0v) is 23.8. The molecule has 0 radical (unpaired) electrons. The van der Waals surface area contributed by atoms with Gasteiger partial charge in [0.25, 0.3) is 0 Å². The highest BCUT2D eigenvalue weighted by Gasteiger charge is 2.36. The van der Waals surface area contributed by atoms with Gasteiger partial charge in [0.15, 0.2) is 0 Å². The van der Waals surface area contributed by atoms with Crippen LogP contribution in [0.3, 0.4) is 0 Å². The second-order valence-electron chi connectivity index (χ2n) is 9.78. The molecule has 1 aromatic heterocycles. The van der Waals surface area contributed by atoms with Crippen LogP contribution in [0.4, 0.5) is 5.69 Å². The quantitative estimate of drug-likeness (QED) is 0.196. The molecule has 0 saturated heterocycles. The van der Waals surface area contributed by atoms with Crippen molar-refractivity contribution in [2.75, 3.05) is 4.90 Å².